The summed E-state index contributed by atoms with van der Waals surface area (Å²) in [6, 6.07) is 0. The van der Waals surface area contributed by atoms with Gasteiger partial charge in [0.25, 0.3) is 5.96 Å². The van der Waals surface area contributed by atoms with Crippen LogP contribution >= 0.6 is 0 Å². The summed E-state index contributed by atoms with van der Waals surface area (Å²) in [5, 5.41) is 42.5. The minimum Gasteiger partial charge on any atom is -0.545 e. The number of rotatable bonds is 8. The number of quaternary nitrogens is 1. The number of allylic oxidation sites excluding steroid dienone is 4. The van der Waals surface area contributed by atoms with Crippen molar-refractivity contribution in [2.75, 3.05) is 53.0 Å². The zero-order valence-electron chi connectivity index (χ0n) is 26.8. The molecule has 0 aromatic carbocycles. The van der Waals surface area contributed by atoms with Crippen molar-refractivity contribution in [3.63, 3.8) is 0 Å². The van der Waals surface area contributed by atoms with Crippen molar-refractivity contribution in [1.82, 2.24) is 10.6 Å². The van der Waals surface area contributed by atoms with Gasteiger partial charge < -0.3 is 35.5 Å². The number of nitrogens with zero attached hydrogens (tertiary/aromatic N) is 1. The number of aliphatic imine (C=N–C) groups is 1. The Hall–Kier alpha value is -2.48. The van der Waals surface area contributed by atoms with Crippen molar-refractivity contribution in [3.05, 3.63) is 35.5 Å². The molecule has 244 valence electrons. The van der Waals surface area contributed by atoms with E-state index >= 15 is 0 Å². The average Bonchev–Trinajstić information content (AvgIpc) is 3.41. The Morgan fingerprint density at radius 2 is 2.13 bits per heavy atom. The van der Waals surface area contributed by atoms with E-state index in [1.807, 2.05) is 7.05 Å². The molecule has 2 aliphatic heterocycles. The molecule has 9 nitrogen and oxygen atoms in total. The Morgan fingerprint density at radius 3 is 2.93 bits per heavy atom. The molecule has 0 radical (unpaired) electrons. The Kier molecular flexibility index (Phi) is 8.27. The Balaban J connectivity index is 1.32. The quantitative estimate of drug-likeness (QED) is 0.189. The molecule has 7 aliphatic rings. The van der Waals surface area contributed by atoms with E-state index in [0.717, 1.165) is 63.3 Å². The fraction of sp³-hybridized carbons (Fsp3) is 0.722. The molecule has 2 spiro atoms. The van der Waals surface area contributed by atoms with Gasteiger partial charge in [-0.3, -0.25) is 4.90 Å². The van der Waals surface area contributed by atoms with Crippen molar-refractivity contribution in [2.45, 2.75) is 63.6 Å². The first-order chi connectivity index (χ1) is 21.8. The highest BCUT2D eigenvalue weighted by Crippen LogP contribution is 2.77. The standard InChI is InChI=1S/C36H50N4O5/c1-23-17-25-9-6-13-39-33(37-2)40-15-12-26(19-38-14-16-41)36(21-40)28(25)18-29-31(32(42)43)34(44,20-35(23,29)36)22-45-30-11-5-8-24-7-3-4-10-27(24)30/h3-4,7,10,23-28,30,38,41,44H,5,8,11-22H2,1-2H3,(H,37,39)(H,42,43)/t23-,24+,25-,26-,27-,28+,30-,34+,35+,36+/m1/s1. The largest absolute Gasteiger partial charge is 0.545 e. The van der Waals surface area contributed by atoms with Crippen LogP contribution in [0.15, 0.2) is 40.4 Å². The lowest BCUT2D eigenvalue weighted by Crippen LogP contribution is -3.19. The number of aliphatic hydroxyl groups is 2. The van der Waals surface area contributed by atoms with Gasteiger partial charge in [0.2, 0.25) is 0 Å². The summed E-state index contributed by atoms with van der Waals surface area (Å²) in [5.74, 6) is 8.00. The summed E-state index contributed by atoms with van der Waals surface area (Å²) < 4.78 is 6.63. The molecule has 0 aromatic rings. The number of fused-ring (bicyclic) bond motifs is 2. The number of aliphatic hydroxyl groups excluding tert-OH is 1. The summed E-state index contributed by atoms with van der Waals surface area (Å²) >= 11 is 0. The van der Waals surface area contributed by atoms with E-state index in [-0.39, 0.29) is 59.9 Å². The molecule has 1 unspecified atom stereocenters. The number of guanidine groups is 1. The number of carboxylic acids is 1. The van der Waals surface area contributed by atoms with Crippen molar-refractivity contribution in [2.24, 2.45) is 51.3 Å². The molecule has 11 atom stereocenters. The first-order valence-electron chi connectivity index (χ1n) is 17.3. The van der Waals surface area contributed by atoms with E-state index in [9.17, 15) is 20.1 Å². The van der Waals surface area contributed by atoms with E-state index in [4.69, 9.17) is 4.74 Å². The van der Waals surface area contributed by atoms with Gasteiger partial charge in [0.05, 0.1) is 44.9 Å². The minimum atomic E-state index is -1.63. The lowest BCUT2D eigenvalue weighted by molar-refractivity contribution is -0.830. The van der Waals surface area contributed by atoms with Gasteiger partial charge in [0, 0.05) is 48.3 Å². The highest BCUT2D eigenvalue weighted by molar-refractivity contribution is 5.90. The predicted molar refractivity (Wildman–Crippen MR) is 169 cm³/mol. The maximum Gasteiger partial charge on any atom is 0.296 e. The average molecular weight is 619 g/mol. The van der Waals surface area contributed by atoms with E-state index in [0.29, 0.717) is 31.8 Å². The van der Waals surface area contributed by atoms with Crippen LogP contribution in [0.3, 0.4) is 0 Å². The monoisotopic (exact) mass is 618 g/mol. The summed E-state index contributed by atoms with van der Waals surface area (Å²) in [7, 11) is 1.83. The molecular formula is C36H50N4O5. The van der Waals surface area contributed by atoms with E-state index in [2.05, 4.69) is 58.7 Å². The highest BCUT2D eigenvalue weighted by atomic mass is 16.5. The first-order valence-corrected chi connectivity index (χ1v) is 17.3. The lowest BCUT2D eigenvalue weighted by atomic mass is 9.43. The molecule has 5 bridgehead atoms. The number of carbonyl (C=O) groups is 1. The lowest BCUT2D eigenvalue weighted by Gasteiger charge is -2.62. The smallest absolute Gasteiger partial charge is 0.296 e. The Bertz CT molecular complexity index is 1380. The number of hydrogen-bond acceptors (Lipinski definition) is 7. The van der Waals surface area contributed by atoms with Gasteiger partial charge in [-0.15, -0.1) is 0 Å². The number of hydrogen-bond donors (Lipinski definition) is 5. The topological polar surface area (TPSA) is 131 Å². The highest BCUT2D eigenvalue weighted by Gasteiger charge is 2.77. The second kappa shape index (κ2) is 12.0. The van der Waals surface area contributed by atoms with Crippen LogP contribution in [0.2, 0.25) is 0 Å². The third-order valence-electron chi connectivity index (χ3n) is 13.1. The van der Waals surface area contributed by atoms with Crippen LogP contribution < -0.4 is 20.6 Å². The number of ether oxygens (including phenoxy) is 1. The Morgan fingerprint density at radius 1 is 1.29 bits per heavy atom. The molecule has 0 amide bonds. The number of carbonyl (C=O) groups excluding carboxylic acids is 1. The molecule has 9 heteroatoms. The maximum atomic E-state index is 13.2. The van der Waals surface area contributed by atoms with Gasteiger partial charge in [-0.1, -0.05) is 55.1 Å². The minimum absolute atomic E-state index is 0.0308. The molecule has 3 saturated carbocycles. The van der Waals surface area contributed by atoms with Gasteiger partial charge in [-0.05, 0) is 62.3 Å². The SMILES string of the molecule is CN=C1NCC#C[C@@H]2C[C@@H](C)[C@@]34C[C@](O)(CO[C@@H]5CCC[C@@H]6C=CC=C[C@H]65)C(C(=O)[O-])=C3C[C@@H]2[C@@]42C[NH+]1CC[C@@H]2CNCCO. The van der Waals surface area contributed by atoms with Gasteiger partial charge >= 0.3 is 0 Å². The van der Waals surface area contributed by atoms with Crippen molar-refractivity contribution >= 4 is 11.9 Å². The number of piperidine rings is 1. The second-order valence-electron chi connectivity index (χ2n) is 14.9. The second-order valence-corrected chi connectivity index (χ2v) is 14.9. The zero-order valence-corrected chi connectivity index (χ0v) is 26.8. The zero-order chi connectivity index (χ0) is 31.4. The molecule has 5 N–H and O–H groups in total. The Labute approximate surface area is 267 Å². The fourth-order valence-corrected chi connectivity index (χ4v) is 11.6. The molecule has 0 aromatic heterocycles. The van der Waals surface area contributed by atoms with Gasteiger partial charge in [0.1, 0.15) is 5.60 Å². The van der Waals surface area contributed by atoms with Crippen molar-refractivity contribution in [3.8, 4) is 11.8 Å². The van der Waals surface area contributed by atoms with E-state index in [1.54, 1.807) is 0 Å². The van der Waals surface area contributed by atoms with Crippen molar-refractivity contribution < 1.29 is 29.8 Å². The fourth-order valence-electron chi connectivity index (χ4n) is 11.6. The predicted octanol–water partition coefficient (Wildman–Crippen LogP) is -0.177. The van der Waals surface area contributed by atoms with Crippen LogP contribution in [0, 0.1) is 58.2 Å². The van der Waals surface area contributed by atoms with Gasteiger partial charge in [-0.2, -0.15) is 0 Å². The molecule has 1 saturated heterocycles. The van der Waals surface area contributed by atoms with Crippen LogP contribution in [0.5, 0.6) is 0 Å². The van der Waals surface area contributed by atoms with Crippen LogP contribution in [0.25, 0.3) is 0 Å². The normalized spacial score (nSPS) is 45.4. The van der Waals surface area contributed by atoms with Gasteiger partial charge in [0.15, 0.2) is 0 Å². The number of aliphatic carboxylic acids is 1. The molecule has 7 rings (SSSR count). The van der Waals surface area contributed by atoms with Crippen LogP contribution in [-0.4, -0.2) is 86.8 Å². The van der Waals surface area contributed by atoms with Crippen molar-refractivity contribution in [1.29, 1.82) is 0 Å². The number of nitrogens with one attached hydrogen (secondary N) is 3. The summed E-state index contributed by atoms with van der Waals surface area (Å²) in [6.45, 7) is 5.82. The first kappa shape index (κ1) is 31.1. The number of carboxylic acid groups (broad SMARTS) is 1. The van der Waals surface area contributed by atoms with E-state index < -0.39 is 17.0 Å². The molecule has 45 heavy (non-hydrogen) atoms. The molecule has 4 fully saturated rings. The summed E-state index contributed by atoms with van der Waals surface area (Å²) in [6.07, 6.45) is 14.5. The van der Waals surface area contributed by atoms with Crippen LogP contribution in [-0.2, 0) is 9.53 Å². The maximum absolute atomic E-state index is 13.2. The van der Waals surface area contributed by atoms with Crippen LogP contribution in [0.4, 0.5) is 0 Å². The molecule has 2 heterocycles. The third kappa shape index (κ3) is 4.70. The van der Waals surface area contributed by atoms with Crippen LogP contribution in [0.1, 0.15) is 51.9 Å². The molecular weight excluding hydrogens is 568 g/mol. The third-order valence-corrected chi connectivity index (χ3v) is 13.1. The summed E-state index contributed by atoms with van der Waals surface area (Å²) in [4.78, 5) is 19.2. The summed E-state index contributed by atoms with van der Waals surface area (Å²) in [5.41, 5.74) is -1.49. The van der Waals surface area contributed by atoms with Gasteiger partial charge in [-0.25, -0.2) is 4.99 Å². The van der Waals surface area contributed by atoms with E-state index in [1.165, 1.54) is 4.90 Å². The molecule has 5 aliphatic carbocycles.